The number of hydrogen-bond donors (Lipinski definition) is 1. The van der Waals surface area contributed by atoms with Gasteiger partial charge in [0, 0.05) is 91.0 Å². The maximum atomic E-state index is 11.5. The lowest BCUT2D eigenvalue weighted by Gasteiger charge is -2.38. The van der Waals surface area contributed by atoms with Crippen molar-refractivity contribution in [3.63, 3.8) is 0 Å². The molecule has 2 fully saturated rings. The molecule has 0 bridgehead atoms. The Morgan fingerprint density at radius 1 is 0.868 bits per heavy atom. The summed E-state index contributed by atoms with van der Waals surface area (Å²) in [5.74, 6) is 0. The molecular formula is C30H40ClN5O2. The van der Waals surface area contributed by atoms with Crippen LogP contribution in [0.1, 0.15) is 23.9 Å². The molecule has 2 saturated heterocycles. The molecule has 2 aliphatic rings. The van der Waals surface area contributed by atoms with Gasteiger partial charge in [0.1, 0.15) is 6.23 Å². The number of anilines is 2. The van der Waals surface area contributed by atoms with Gasteiger partial charge in [0.15, 0.2) is 0 Å². The highest BCUT2D eigenvalue weighted by atomic mass is 35.5. The maximum Gasteiger partial charge on any atom is 0.148 e. The number of aryl methyl sites for hydroxylation is 1. The standard InChI is InChI=1S/C30H40ClN5O2/c1-38-21-7-12-36-24-25(23-32-13-15-34(16-14-32)28-11-6-5-10-27(28)31)22-29(36)30(37)35-19-17-33(18-20-35)26-8-3-2-4-9-26/h2-6,8-11,22,24,30,37H,7,12-21,23H2,1H3. The van der Waals surface area contributed by atoms with Gasteiger partial charge < -0.3 is 24.2 Å². The number of methoxy groups -OCH3 is 1. The van der Waals surface area contributed by atoms with Crippen LogP contribution in [0.2, 0.25) is 5.02 Å². The van der Waals surface area contributed by atoms with Gasteiger partial charge in [0.25, 0.3) is 0 Å². The number of ether oxygens (including phenoxy) is 1. The van der Waals surface area contributed by atoms with Crippen molar-refractivity contribution >= 4 is 23.0 Å². The lowest BCUT2D eigenvalue weighted by atomic mass is 10.2. The van der Waals surface area contributed by atoms with Crippen LogP contribution < -0.4 is 9.80 Å². The number of aliphatic hydroxyl groups excluding tert-OH is 1. The van der Waals surface area contributed by atoms with Crippen LogP contribution >= 0.6 is 11.6 Å². The van der Waals surface area contributed by atoms with Crippen LogP contribution in [-0.4, -0.2) is 85.5 Å². The molecule has 38 heavy (non-hydrogen) atoms. The summed E-state index contributed by atoms with van der Waals surface area (Å²) in [7, 11) is 1.74. The molecular weight excluding hydrogens is 498 g/mol. The normalized spacial score (nSPS) is 18.2. The van der Waals surface area contributed by atoms with Gasteiger partial charge in [-0.05, 0) is 42.3 Å². The maximum absolute atomic E-state index is 11.5. The van der Waals surface area contributed by atoms with Crippen LogP contribution in [0.3, 0.4) is 0 Å². The molecule has 3 aromatic rings. The van der Waals surface area contributed by atoms with Gasteiger partial charge in [-0.25, -0.2) is 0 Å². The minimum absolute atomic E-state index is 0.610. The first-order valence-corrected chi connectivity index (χ1v) is 14.1. The van der Waals surface area contributed by atoms with E-state index in [4.69, 9.17) is 16.3 Å². The van der Waals surface area contributed by atoms with E-state index in [9.17, 15) is 5.11 Å². The van der Waals surface area contributed by atoms with Crippen LogP contribution in [0.4, 0.5) is 11.4 Å². The van der Waals surface area contributed by atoms with Gasteiger partial charge in [0.2, 0.25) is 0 Å². The molecule has 1 aromatic heterocycles. The van der Waals surface area contributed by atoms with Crippen molar-refractivity contribution in [2.45, 2.75) is 25.7 Å². The molecule has 7 nitrogen and oxygen atoms in total. The SMILES string of the molecule is COCCCn1cc(CN2CCN(c3ccccc3Cl)CC2)cc1C(O)N1CCN(c2ccccc2)CC1. The largest absolute Gasteiger partial charge is 0.385 e. The number of benzene rings is 2. The van der Waals surface area contributed by atoms with Crippen LogP contribution in [0, 0.1) is 0 Å². The molecule has 8 heteroatoms. The van der Waals surface area contributed by atoms with E-state index in [0.29, 0.717) is 6.61 Å². The topological polar surface area (TPSA) is 47.4 Å². The third-order valence-electron chi connectivity index (χ3n) is 7.75. The Bertz CT molecular complexity index is 1140. The molecule has 0 aliphatic carbocycles. The summed E-state index contributed by atoms with van der Waals surface area (Å²) in [5.41, 5.74) is 4.61. The smallest absolute Gasteiger partial charge is 0.148 e. The number of aliphatic hydroxyl groups is 1. The highest BCUT2D eigenvalue weighted by molar-refractivity contribution is 6.33. The van der Waals surface area contributed by atoms with Gasteiger partial charge in [-0.2, -0.15) is 0 Å². The van der Waals surface area contributed by atoms with Crippen molar-refractivity contribution in [1.29, 1.82) is 0 Å². The van der Waals surface area contributed by atoms with E-state index in [1.807, 2.05) is 18.2 Å². The molecule has 0 radical (unpaired) electrons. The number of rotatable bonds is 10. The molecule has 1 atom stereocenters. The Morgan fingerprint density at radius 2 is 1.55 bits per heavy atom. The Labute approximate surface area is 231 Å². The number of para-hydroxylation sites is 2. The molecule has 1 unspecified atom stereocenters. The molecule has 0 spiro atoms. The lowest BCUT2D eigenvalue weighted by Crippen LogP contribution is -2.48. The van der Waals surface area contributed by atoms with E-state index < -0.39 is 6.23 Å². The number of aromatic nitrogens is 1. The zero-order chi connectivity index (χ0) is 26.3. The second kappa shape index (κ2) is 13.0. The molecule has 204 valence electrons. The summed E-state index contributed by atoms with van der Waals surface area (Å²) in [4.78, 5) is 9.47. The predicted octanol–water partition coefficient (Wildman–Crippen LogP) is 4.31. The van der Waals surface area contributed by atoms with Crippen LogP contribution in [-0.2, 0) is 17.8 Å². The number of hydrogen-bond acceptors (Lipinski definition) is 6. The van der Waals surface area contributed by atoms with Gasteiger partial charge in [-0.15, -0.1) is 0 Å². The highest BCUT2D eigenvalue weighted by Crippen LogP contribution is 2.28. The van der Waals surface area contributed by atoms with Crippen molar-refractivity contribution in [3.05, 3.63) is 83.1 Å². The zero-order valence-electron chi connectivity index (χ0n) is 22.4. The van der Waals surface area contributed by atoms with Crippen molar-refractivity contribution < 1.29 is 9.84 Å². The average molecular weight is 538 g/mol. The monoisotopic (exact) mass is 537 g/mol. The highest BCUT2D eigenvalue weighted by Gasteiger charge is 2.27. The number of halogens is 1. The third kappa shape index (κ3) is 6.53. The first kappa shape index (κ1) is 27.0. The number of nitrogens with zero attached hydrogens (tertiary/aromatic N) is 5. The lowest BCUT2D eigenvalue weighted by molar-refractivity contribution is -0.00749. The van der Waals surface area contributed by atoms with E-state index >= 15 is 0 Å². The Hall–Kier alpha value is -2.55. The average Bonchev–Trinajstić information content (AvgIpc) is 3.36. The minimum atomic E-state index is -0.610. The van der Waals surface area contributed by atoms with Crippen molar-refractivity contribution in [2.75, 3.05) is 75.9 Å². The van der Waals surface area contributed by atoms with E-state index in [2.05, 4.69) is 72.8 Å². The molecule has 0 saturated carbocycles. The summed E-state index contributed by atoms with van der Waals surface area (Å²) < 4.78 is 7.54. The van der Waals surface area contributed by atoms with E-state index in [-0.39, 0.29) is 0 Å². The first-order chi connectivity index (χ1) is 18.6. The minimum Gasteiger partial charge on any atom is -0.385 e. The van der Waals surface area contributed by atoms with Gasteiger partial charge in [0.05, 0.1) is 16.4 Å². The Balaban J connectivity index is 1.21. The number of piperazine rings is 2. The van der Waals surface area contributed by atoms with Gasteiger partial charge in [-0.1, -0.05) is 41.9 Å². The molecule has 2 aromatic carbocycles. The van der Waals surface area contributed by atoms with Crippen molar-refractivity contribution in [1.82, 2.24) is 14.4 Å². The Kier molecular flexibility index (Phi) is 9.25. The summed E-state index contributed by atoms with van der Waals surface area (Å²) in [6.45, 7) is 9.81. The molecule has 3 heterocycles. The Morgan fingerprint density at radius 3 is 2.26 bits per heavy atom. The fourth-order valence-corrected chi connectivity index (χ4v) is 5.89. The summed E-state index contributed by atoms with van der Waals surface area (Å²) in [6.07, 6.45) is 2.54. The second-order valence-corrected chi connectivity index (χ2v) is 10.7. The van der Waals surface area contributed by atoms with Gasteiger partial charge >= 0.3 is 0 Å². The van der Waals surface area contributed by atoms with Gasteiger partial charge in [-0.3, -0.25) is 9.80 Å². The van der Waals surface area contributed by atoms with Crippen LogP contribution in [0.5, 0.6) is 0 Å². The zero-order valence-corrected chi connectivity index (χ0v) is 23.1. The van der Waals surface area contributed by atoms with Crippen molar-refractivity contribution in [2.24, 2.45) is 0 Å². The molecule has 1 N–H and O–H groups in total. The first-order valence-electron chi connectivity index (χ1n) is 13.7. The van der Waals surface area contributed by atoms with E-state index in [0.717, 1.165) is 88.3 Å². The van der Waals surface area contributed by atoms with Crippen LogP contribution in [0.15, 0.2) is 66.9 Å². The summed E-state index contributed by atoms with van der Waals surface area (Å²) in [6, 6.07) is 20.8. The second-order valence-electron chi connectivity index (χ2n) is 10.3. The van der Waals surface area contributed by atoms with E-state index in [1.165, 1.54) is 11.3 Å². The molecule has 0 amide bonds. The summed E-state index contributed by atoms with van der Waals surface area (Å²) >= 11 is 6.43. The summed E-state index contributed by atoms with van der Waals surface area (Å²) in [5, 5.41) is 12.3. The molecule has 2 aliphatic heterocycles. The predicted molar refractivity (Wildman–Crippen MR) is 155 cm³/mol. The van der Waals surface area contributed by atoms with Crippen molar-refractivity contribution in [3.8, 4) is 0 Å². The fourth-order valence-electron chi connectivity index (χ4n) is 5.63. The van der Waals surface area contributed by atoms with E-state index in [1.54, 1.807) is 7.11 Å². The molecule has 5 rings (SSSR count). The fraction of sp³-hybridized carbons (Fsp3) is 0.467. The quantitative estimate of drug-likeness (QED) is 0.389. The van der Waals surface area contributed by atoms with Crippen LogP contribution in [0.25, 0.3) is 0 Å². The third-order valence-corrected chi connectivity index (χ3v) is 8.07.